The molecule has 1 aromatic carbocycles. The van der Waals surface area contributed by atoms with E-state index in [-0.39, 0.29) is 23.8 Å². The molecule has 1 saturated carbocycles. The van der Waals surface area contributed by atoms with Crippen LogP contribution in [0.25, 0.3) is 0 Å². The Morgan fingerprint density at radius 3 is 2.46 bits per heavy atom. The standard InChI is InChI=1S/C20H21N3O2S/c21-12-15-5-7-16(8-6-15)19(25)22-13-18(24)23-14-20(9-1-2-10-20)17-4-3-11-26-17/h3-8,11H,1-2,9-10,13-14H2,(H,22,25)(H,23,24). The summed E-state index contributed by atoms with van der Waals surface area (Å²) >= 11 is 1.75. The molecule has 1 fully saturated rings. The molecule has 1 aromatic heterocycles. The highest BCUT2D eigenvalue weighted by Crippen LogP contribution is 2.42. The van der Waals surface area contributed by atoms with Gasteiger partial charge in [0.2, 0.25) is 5.91 Å². The van der Waals surface area contributed by atoms with Crippen molar-refractivity contribution >= 4 is 23.2 Å². The molecular weight excluding hydrogens is 346 g/mol. The van der Waals surface area contributed by atoms with Gasteiger partial charge in [-0.25, -0.2) is 0 Å². The van der Waals surface area contributed by atoms with E-state index >= 15 is 0 Å². The maximum absolute atomic E-state index is 12.2. The van der Waals surface area contributed by atoms with Crippen molar-refractivity contribution in [3.05, 3.63) is 57.8 Å². The van der Waals surface area contributed by atoms with Crippen molar-refractivity contribution in [3.8, 4) is 6.07 Å². The zero-order valence-electron chi connectivity index (χ0n) is 14.5. The lowest BCUT2D eigenvalue weighted by atomic mass is 9.84. The molecule has 1 aliphatic rings. The van der Waals surface area contributed by atoms with Crippen LogP contribution in [0.15, 0.2) is 41.8 Å². The molecule has 2 aromatic rings. The maximum atomic E-state index is 12.2. The van der Waals surface area contributed by atoms with Gasteiger partial charge >= 0.3 is 0 Å². The first-order valence-corrected chi connectivity index (χ1v) is 9.60. The van der Waals surface area contributed by atoms with Crippen LogP contribution in [0.4, 0.5) is 0 Å². The van der Waals surface area contributed by atoms with Crippen LogP contribution in [0.3, 0.4) is 0 Å². The second-order valence-corrected chi connectivity index (χ2v) is 7.56. The van der Waals surface area contributed by atoms with E-state index in [0.717, 1.165) is 12.8 Å². The summed E-state index contributed by atoms with van der Waals surface area (Å²) in [6, 6.07) is 12.5. The number of hydrogen-bond donors (Lipinski definition) is 2. The molecule has 134 valence electrons. The second-order valence-electron chi connectivity index (χ2n) is 6.61. The summed E-state index contributed by atoms with van der Waals surface area (Å²) in [5.74, 6) is -0.506. The molecule has 0 spiro atoms. The van der Waals surface area contributed by atoms with Gasteiger partial charge in [-0.3, -0.25) is 9.59 Å². The van der Waals surface area contributed by atoms with Crippen LogP contribution in [0.2, 0.25) is 0 Å². The Morgan fingerprint density at radius 1 is 1.12 bits per heavy atom. The van der Waals surface area contributed by atoms with Crippen LogP contribution in [0.5, 0.6) is 0 Å². The van der Waals surface area contributed by atoms with Gasteiger partial charge in [-0.2, -0.15) is 5.26 Å². The Morgan fingerprint density at radius 2 is 1.85 bits per heavy atom. The molecule has 2 N–H and O–H groups in total. The summed E-state index contributed by atoms with van der Waals surface area (Å²) < 4.78 is 0. The van der Waals surface area contributed by atoms with Crippen molar-refractivity contribution in [2.24, 2.45) is 0 Å². The average Bonchev–Trinajstić information content (AvgIpc) is 3.37. The van der Waals surface area contributed by atoms with E-state index in [4.69, 9.17) is 5.26 Å². The fourth-order valence-electron chi connectivity index (χ4n) is 3.43. The van der Waals surface area contributed by atoms with Gasteiger partial charge < -0.3 is 10.6 Å². The number of carbonyl (C=O) groups is 2. The van der Waals surface area contributed by atoms with Crippen molar-refractivity contribution in [2.75, 3.05) is 13.1 Å². The SMILES string of the molecule is N#Cc1ccc(C(=O)NCC(=O)NCC2(c3cccs3)CCCC2)cc1. The van der Waals surface area contributed by atoms with E-state index in [0.29, 0.717) is 17.7 Å². The summed E-state index contributed by atoms with van der Waals surface area (Å²) in [4.78, 5) is 25.6. The monoisotopic (exact) mass is 367 g/mol. The maximum Gasteiger partial charge on any atom is 0.251 e. The lowest BCUT2D eigenvalue weighted by Gasteiger charge is -2.28. The quantitative estimate of drug-likeness (QED) is 0.823. The van der Waals surface area contributed by atoms with E-state index in [2.05, 4.69) is 28.1 Å². The Balaban J connectivity index is 1.51. The van der Waals surface area contributed by atoms with E-state index < -0.39 is 0 Å². The molecule has 6 heteroatoms. The van der Waals surface area contributed by atoms with Crippen molar-refractivity contribution in [2.45, 2.75) is 31.1 Å². The van der Waals surface area contributed by atoms with Crippen LogP contribution < -0.4 is 10.6 Å². The number of amides is 2. The molecule has 3 rings (SSSR count). The Bertz CT molecular complexity index is 801. The molecule has 0 aliphatic heterocycles. The van der Waals surface area contributed by atoms with Crippen molar-refractivity contribution < 1.29 is 9.59 Å². The Hall–Kier alpha value is -2.65. The molecule has 0 saturated heterocycles. The fraction of sp³-hybridized carbons (Fsp3) is 0.350. The molecule has 0 atom stereocenters. The number of nitrogens with one attached hydrogen (secondary N) is 2. The van der Waals surface area contributed by atoms with Gasteiger partial charge in [0.15, 0.2) is 0 Å². The first-order chi connectivity index (χ1) is 12.6. The third kappa shape index (κ3) is 4.12. The van der Waals surface area contributed by atoms with Gasteiger partial charge in [0, 0.05) is 22.4 Å². The summed E-state index contributed by atoms with van der Waals surface area (Å²) in [6.07, 6.45) is 4.54. The number of rotatable bonds is 6. The molecule has 0 unspecified atom stereocenters. The topological polar surface area (TPSA) is 82.0 Å². The van der Waals surface area contributed by atoms with Crippen LogP contribution in [-0.4, -0.2) is 24.9 Å². The highest BCUT2D eigenvalue weighted by Gasteiger charge is 2.36. The summed E-state index contributed by atoms with van der Waals surface area (Å²) in [7, 11) is 0. The van der Waals surface area contributed by atoms with Gasteiger partial charge in [0.1, 0.15) is 0 Å². The minimum absolute atomic E-state index is 0.0426. The molecular formula is C20H21N3O2S. The third-order valence-electron chi connectivity index (χ3n) is 4.91. The zero-order chi connectivity index (χ0) is 18.4. The molecule has 0 radical (unpaired) electrons. The van der Waals surface area contributed by atoms with Gasteiger partial charge in [0.05, 0.1) is 18.2 Å². The van der Waals surface area contributed by atoms with E-state index in [1.165, 1.54) is 17.7 Å². The Kier molecular flexibility index (Phi) is 5.69. The molecule has 1 aliphatic carbocycles. The lowest BCUT2D eigenvalue weighted by Crippen LogP contribution is -2.43. The van der Waals surface area contributed by atoms with Gasteiger partial charge in [0.25, 0.3) is 5.91 Å². The van der Waals surface area contributed by atoms with Crippen LogP contribution in [0.1, 0.15) is 46.5 Å². The van der Waals surface area contributed by atoms with Crippen molar-refractivity contribution in [1.82, 2.24) is 10.6 Å². The fourth-order valence-corrected chi connectivity index (χ4v) is 4.42. The van der Waals surface area contributed by atoms with Gasteiger partial charge in [-0.05, 0) is 48.6 Å². The largest absolute Gasteiger partial charge is 0.354 e. The summed E-state index contributed by atoms with van der Waals surface area (Å²) in [6.45, 7) is 0.554. The minimum atomic E-state index is -0.321. The highest BCUT2D eigenvalue weighted by atomic mass is 32.1. The van der Waals surface area contributed by atoms with E-state index in [9.17, 15) is 9.59 Å². The predicted octanol–water partition coefficient (Wildman–Crippen LogP) is 2.98. The van der Waals surface area contributed by atoms with Crippen LogP contribution in [0, 0.1) is 11.3 Å². The number of hydrogen-bond acceptors (Lipinski definition) is 4. The molecule has 0 bridgehead atoms. The van der Waals surface area contributed by atoms with Gasteiger partial charge in [-0.1, -0.05) is 18.9 Å². The Labute approximate surface area is 157 Å². The minimum Gasteiger partial charge on any atom is -0.354 e. The van der Waals surface area contributed by atoms with E-state index in [1.54, 1.807) is 35.6 Å². The number of thiophene rings is 1. The van der Waals surface area contributed by atoms with Crippen LogP contribution >= 0.6 is 11.3 Å². The first kappa shape index (κ1) is 18.2. The van der Waals surface area contributed by atoms with E-state index in [1.807, 2.05) is 6.07 Å². The summed E-state index contributed by atoms with van der Waals surface area (Å²) in [5.41, 5.74) is 0.971. The number of benzene rings is 1. The second kappa shape index (κ2) is 8.15. The summed E-state index contributed by atoms with van der Waals surface area (Å²) in [5, 5.41) is 16.5. The van der Waals surface area contributed by atoms with Crippen LogP contribution in [-0.2, 0) is 10.2 Å². The lowest BCUT2D eigenvalue weighted by molar-refractivity contribution is -0.120. The molecule has 1 heterocycles. The molecule has 5 nitrogen and oxygen atoms in total. The molecule has 26 heavy (non-hydrogen) atoms. The first-order valence-electron chi connectivity index (χ1n) is 8.72. The van der Waals surface area contributed by atoms with Crippen molar-refractivity contribution in [3.63, 3.8) is 0 Å². The third-order valence-corrected chi connectivity index (χ3v) is 6.03. The van der Waals surface area contributed by atoms with Crippen molar-refractivity contribution in [1.29, 1.82) is 5.26 Å². The zero-order valence-corrected chi connectivity index (χ0v) is 15.3. The predicted molar refractivity (Wildman–Crippen MR) is 101 cm³/mol. The molecule has 2 amide bonds. The highest BCUT2D eigenvalue weighted by molar-refractivity contribution is 7.10. The average molecular weight is 367 g/mol. The normalized spacial score (nSPS) is 15.2. The number of nitrogens with zero attached hydrogens (tertiary/aromatic N) is 1. The smallest absolute Gasteiger partial charge is 0.251 e. The number of carbonyl (C=O) groups excluding carboxylic acids is 2. The van der Waals surface area contributed by atoms with Gasteiger partial charge in [-0.15, -0.1) is 11.3 Å². The number of nitriles is 1.